The van der Waals surface area contributed by atoms with Crippen LogP contribution in [-0.4, -0.2) is 16.2 Å². The molecule has 3 rings (SSSR count). The van der Waals surface area contributed by atoms with Gasteiger partial charge in [0.2, 0.25) is 0 Å². The van der Waals surface area contributed by atoms with Crippen molar-refractivity contribution in [3.63, 3.8) is 0 Å². The summed E-state index contributed by atoms with van der Waals surface area (Å²) in [6.45, 7) is 1.23. The van der Waals surface area contributed by atoms with E-state index in [1.165, 1.54) is 25.1 Å². The van der Waals surface area contributed by atoms with E-state index in [9.17, 15) is 22.4 Å². The molecular formula is C21H22F4O2Si. The first kappa shape index (κ1) is 20.6. The maximum atomic E-state index is 14.5. The van der Waals surface area contributed by atoms with Gasteiger partial charge < -0.3 is 4.74 Å². The molecule has 0 unspecified atom stereocenters. The lowest BCUT2D eigenvalue weighted by Crippen LogP contribution is -2.16. The third kappa shape index (κ3) is 4.29. The fraction of sp³-hybridized carbons (Fsp3) is 0.381. The van der Waals surface area contributed by atoms with E-state index in [0.29, 0.717) is 11.5 Å². The van der Waals surface area contributed by atoms with Crippen LogP contribution in [0.15, 0.2) is 24.3 Å². The molecule has 28 heavy (non-hydrogen) atoms. The molecule has 0 aliphatic heterocycles. The van der Waals surface area contributed by atoms with Gasteiger partial charge >= 0.3 is 5.97 Å². The Kier molecular flexibility index (Phi) is 6.22. The fourth-order valence-electron chi connectivity index (χ4n) is 3.77. The molecular weight excluding hydrogens is 388 g/mol. The van der Waals surface area contributed by atoms with Gasteiger partial charge in [0.25, 0.3) is 0 Å². The highest BCUT2D eigenvalue weighted by molar-refractivity contribution is 6.08. The summed E-state index contributed by atoms with van der Waals surface area (Å²) in [7, 11) is 1.16. The molecule has 1 aliphatic rings. The second-order valence-electron chi connectivity index (χ2n) is 7.39. The fourth-order valence-corrected chi connectivity index (χ4v) is 4.58. The van der Waals surface area contributed by atoms with Crippen LogP contribution in [0.1, 0.15) is 53.1 Å². The van der Waals surface area contributed by atoms with Gasteiger partial charge in [-0.05, 0) is 49.3 Å². The summed E-state index contributed by atoms with van der Waals surface area (Å²) in [6, 6.07) is 5.18. The number of esters is 1. The third-order valence-electron chi connectivity index (χ3n) is 5.63. The van der Waals surface area contributed by atoms with Crippen LogP contribution in [0.25, 0.3) is 0 Å². The Morgan fingerprint density at radius 1 is 0.964 bits per heavy atom. The van der Waals surface area contributed by atoms with Crippen molar-refractivity contribution < 1.29 is 27.1 Å². The number of halogens is 4. The Balaban J connectivity index is 1.80. The molecule has 0 heterocycles. The van der Waals surface area contributed by atoms with Crippen LogP contribution in [0, 0.1) is 36.1 Å². The lowest BCUT2D eigenvalue weighted by Gasteiger charge is -2.28. The Morgan fingerprint density at radius 2 is 1.50 bits per heavy atom. The normalized spacial score (nSPS) is 19.6. The number of hydrogen-bond donors (Lipinski definition) is 0. The van der Waals surface area contributed by atoms with Gasteiger partial charge in [-0.1, -0.05) is 18.9 Å². The van der Waals surface area contributed by atoms with Crippen molar-refractivity contribution in [3.05, 3.63) is 64.2 Å². The molecule has 2 nitrogen and oxygen atoms in total. The summed E-state index contributed by atoms with van der Waals surface area (Å²) >= 11 is 0. The number of benzene rings is 2. The molecule has 0 spiro atoms. The molecule has 1 saturated carbocycles. The first-order chi connectivity index (χ1) is 13.3. The molecule has 2 aromatic rings. The van der Waals surface area contributed by atoms with Crippen molar-refractivity contribution in [1.29, 1.82) is 0 Å². The van der Waals surface area contributed by atoms with Crippen LogP contribution in [0.2, 0.25) is 6.04 Å². The minimum absolute atomic E-state index is 0.0684. The predicted molar refractivity (Wildman–Crippen MR) is 102 cm³/mol. The van der Waals surface area contributed by atoms with Gasteiger partial charge in [0.1, 0.15) is 34.6 Å². The Morgan fingerprint density at radius 3 is 2.00 bits per heavy atom. The number of rotatable bonds is 4. The van der Waals surface area contributed by atoms with E-state index in [1.54, 1.807) is 0 Å². The zero-order valence-electron chi connectivity index (χ0n) is 15.8. The van der Waals surface area contributed by atoms with Crippen molar-refractivity contribution in [2.45, 2.75) is 44.6 Å². The zero-order valence-corrected chi connectivity index (χ0v) is 17.8. The van der Waals surface area contributed by atoms with Gasteiger partial charge in [0.15, 0.2) is 0 Å². The highest BCUT2D eigenvalue weighted by Crippen LogP contribution is 2.37. The van der Waals surface area contributed by atoms with Crippen LogP contribution in [0.5, 0.6) is 5.75 Å². The molecule has 0 radical (unpaired) electrons. The molecule has 150 valence electrons. The van der Waals surface area contributed by atoms with Gasteiger partial charge in [-0.15, -0.1) is 0 Å². The molecule has 0 N–H and O–H groups in total. The second-order valence-corrected chi connectivity index (χ2v) is 8.20. The molecule has 0 atom stereocenters. The Hall–Kier alpha value is -2.15. The number of carbonyl (C=O) groups excluding carboxylic acids is 1. The molecule has 1 aliphatic carbocycles. The topological polar surface area (TPSA) is 26.3 Å². The van der Waals surface area contributed by atoms with Gasteiger partial charge in [0.05, 0.1) is 0 Å². The number of ether oxygens (including phenoxy) is 1. The molecule has 0 aromatic heterocycles. The van der Waals surface area contributed by atoms with E-state index in [2.05, 4.69) is 0 Å². The summed E-state index contributed by atoms with van der Waals surface area (Å²) in [4.78, 5) is 12.2. The first-order valence-electron chi connectivity index (χ1n) is 9.46. The third-order valence-corrected chi connectivity index (χ3v) is 6.78. The predicted octanol–water partition coefficient (Wildman–Crippen LogP) is 4.83. The average Bonchev–Trinajstić information content (AvgIpc) is 2.65. The van der Waals surface area contributed by atoms with E-state index in [0.717, 1.165) is 48.1 Å². The average molecular weight is 410 g/mol. The highest BCUT2D eigenvalue weighted by Gasteiger charge is 2.26. The van der Waals surface area contributed by atoms with E-state index >= 15 is 0 Å². The quantitative estimate of drug-likeness (QED) is 0.312. The number of hydrogen-bond acceptors (Lipinski definition) is 2. The minimum Gasteiger partial charge on any atom is -0.423 e. The summed E-state index contributed by atoms with van der Waals surface area (Å²) in [5, 5.41) is 0. The van der Waals surface area contributed by atoms with Gasteiger partial charge in [-0.2, -0.15) is 0 Å². The van der Waals surface area contributed by atoms with E-state index in [-0.39, 0.29) is 11.5 Å². The second kappa shape index (κ2) is 8.47. The lowest BCUT2D eigenvalue weighted by atomic mass is 9.79. The lowest BCUT2D eigenvalue weighted by molar-refractivity contribution is 0.0723. The maximum Gasteiger partial charge on any atom is 0.349 e. The molecule has 1 fully saturated rings. The van der Waals surface area contributed by atoms with Gasteiger partial charge in [0, 0.05) is 27.9 Å². The summed E-state index contributed by atoms with van der Waals surface area (Å²) < 4.78 is 61.0. The van der Waals surface area contributed by atoms with Crippen LogP contribution in [0.3, 0.4) is 0 Å². The molecule has 2 aromatic carbocycles. The van der Waals surface area contributed by atoms with Crippen LogP contribution in [0.4, 0.5) is 17.6 Å². The molecule has 0 amide bonds. The van der Waals surface area contributed by atoms with Crippen LogP contribution >= 0.6 is 0 Å². The molecule has 0 saturated heterocycles. The van der Waals surface area contributed by atoms with Crippen molar-refractivity contribution in [3.8, 4) is 5.75 Å². The highest BCUT2D eigenvalue weighted by atomic mass is 28.1. The van der Waals surface area contributed by atoms with E-state index < -0.39 is 40.6 Å². The number of carbonyl (C=O) groups is 1. The van der Waals surface area contributed by atoms with Crippen molar-refractivity contribution >= 4 is 16.2 Å². The minimum atomic E-state index is -1.33. The summed E-state index contributed by atoms with van der Waals surface area (Å²) in [5.41, 5.74) is -0.564. The summed E-state index contributed by atoms with van der Waals surface area (Å²) in [5.74, 6) is -4.88. The monoisotopic (exact) mass is 410 g/mol. The van der Waals surface area contributed by atoms with Gasteiger partial charge in [-0.3, -0.25) is 0 Å². The smallest absolute Gasteiger partial charge is 0.349 e. The van der Waals surface area contributed by atoms with Crippen LogP contribution in [-0.2, 0) is 0 Å². The maximum absolute atomic E-state index is 14.5. The Labute approximate surface area is 164 Å². The first-order valence-corrected chi connectivity index (χ1v) is 10.9. The largest absolute Gasteiger partial charge is 0.423 e. The molecule has 0 bridgehead atoms. The SMILES string of the molecule is Cc1c(F)cc(OC(=O)c2c(F)cc(C3CCC(C[SiH3])CC3)cc2F)cc1F. The van der Waals surface area contributed by atoms with E-state index in [1.807, 2.05) is 0 Å². The van der Waals surface area contributed by atoms with Crippen molar-refractivity contribution in [2.75, 3.05) is 0 Å². The summed E-state index contributed by atoms with van der Waals surface area (Å²) in [6.07, 6.45) is 3.84. The van der Waals surface area contributed by atoms with Crippen molar-refractivity contribution in [2.24, 2.45) is 5.92 Å². The standard InChI is InChI=1S/C21H22F4O2Si/c1-11-16(22)8-15(9-17(11)23)27-21(26)20-18(24)6-14(7-19(20)25)13-4-2-12(10-28)3-5-13/h6-9,12-13H,2-5,10H2,1,28H3. The Bertz CT molecular complexity index is 846. The van der Waals surface area contributed by atoms with Gasteiger partial charge in [-0.25, -0.2) is 22.4 Å². The van der Waals surface area contributed by atoms with Crippen LogP contribution < -0.4 is 4.74 Å². The van der Waals surface area contributed by atoms with Crippen molar-refractivity contribution in [1.82, 2.24) is 0 Å². The molecule has 7 heteroatoms. The zero-order chi connectivity index (χ0) is 20.4. The van der Waals surface area contributed by atoms with E-state index in [4.69, 9.17) is 4.74 Å².